The summed E-state index contributed by atoms with van der Waals surface area (Å²) >= 11 is 1.48. The number of rotatable bonds is 8. The molecular formula is C23H27FN2O5S2. The number of carbonyl (C=O) groups is 2. The first kappa shape index (κ1) is 25.0. The lowest BCUT2D eigenvalue weighted by Crippen LogP contribution is -2.46. The molecule has 0 spiro atoms. The molecule has 1 fully saturated rings. The number of anilines is 1. The smallest absolute Gasteiger partial charge is 0.309 e. The van der Waals surface area contributed by atoms with Crippen molar-refractivity contribution in [3.05, 3.63) is 54.3 Å². The molecule has 178 valence electrons. The number of esters is 1. The Bertz CT molecular complexity index is 1080. The third kappa shape index (κ3) is 6.05. The molecule has 1 aliphatic heterocycles. The Morgan fingerprint density at radius 2 is 1.82 bits per heavy atom. The van der Waals surface area contributed by atoms with E-state index < -0.39 is 28.3 Å². The molecule has 7 nitrogen and oxygen atoms in total. The number of halogens is 1. The van der Waals surface area contributed by atoms with Gasteiger partial charge in [-0.3, -0.25) is 13.9 Å². The van der Waals surface area contributed by atoms with E-state index in [1.165, 1.54) is 47.0 Å². The number of ether oxygens (including phenoxy) is 1. The average molecular weight is 495 g/mol. The van der Waals surface area contributed by atoms with Crippen LogP contribution in [-0.4, -0.2) is 57.7 Å². The van der Waals surface area contributed by atoms with Crippen LogP contribution in [0.5, 0.6) is 0 Å². The number of sulfonamides is 1. The number of piperidine rings is 1. The highest BCUT2D eigenvalue weighted by Gasteiger charge is 2.32. The molecule has 1 saturated heterocycles. The molecule has 2 aromatic carbocycles. The summed E-state index contributed by atoms with van der Waals surface area (Å²) in [5, 5.41) is 0. The molecule has 1 aliphatic rings. The van der Waals surface area contributed by atoms with Crippen LogP contribution in [0.15, 0.2) is 58.3 Å². The summed E-state index contributed by atoms with van der Waals surface area (Å²) in [7, 11) is -4.13. The molecule has 1 amide bonds. The van der Waals surface area contributed by atoms with Gasteiger partial charge in [-0.15, -0.1) is 11.8 Å². The van der Waals surface area contributed by atoms with E-state index in [0.717, 1.165) is 15.3 Å². The van der Waals surface area contributed by atoms with E-state index in [9.17, 15) is 22.4 Å². The Kier molecular flexibility index (Phi) is 8.36. The summed E-state index contributed by atoms with van der Waals surface area (Å²) in [6.07, 6.45) is 2.78. The van der Waals surface area contributed by atoms with Crippen molar-refractivity contribution in [2.24, 2.45) is 5.92 Å². The van der Waals surface area contributed by atoms with E-state index in [2.05, 4.69) is 0 Å². The summed E-state index contributed by atoms with van der Waals surface area (Å²) in [5.74, 6) is -1.56. The third-order valence-corrected chi connectivity index (χ3v) is 8.02. The molecule has 0 aliphatic carbocycles. The summed E-state index contributed by atoms with van der Waals surface area (Å²) in [6, 6.07) is 11.5. The van der Waals surface area contributed by atoms with Gasteiger partial charge in [0, 0.05) is 18.0 Å². The van der Waals surface area contributed by atoms with E-state index in [4.69, 9.17) is 4.74 Å². The average Bonchev–Trinajstić information content (AvgIpc) is 2.82. The molecule has 0 aromatic heterocycles. The van der Waals surface area contributed by atoms with Gasteiger partial charge in [0.1, 0.15) is 12.4 Å². The fourth-order valence-corrected chi connectivity index (χ4v) is 5.48. The van der Waals surface area contributed by atoms with Crippen molar-refractivity contribution in [2.75, 3.05) is 36.8 Å². The molecule has 1 heterocycles. The van der Waals surface area contributed by atoms with Crippen molar-refractivity contribution in [1.82, 2.24) is 4.90 Å². The van der Waals surface area contributed by atoms with Crippen LogP contribution in [0, 0.1) is 11.7 Å². The molecule has 2 aromatic rings. The van der Waals surface area contributed by atoms with Crippen molar-refractivity contribution >= 4 is 39.3 Å². The van der Waals surface area contributed by atoms with E-state index in [0.29, 0.717) is 32.5 Å². The Hall–Kier alpha value is -2.59. The highest BCUT2D eigenvalue weighted by atomic mass is 32.2. The number of thioether (sulfide) groups is 1. The minimum Gasteiger partial charge on any atom is -0.466 e. The van der Waals surface area contributed by atoms with Gasteiger partial charge in [-0.05, 0) is 68.5 Å². The van der Waals surface area contributed by atoms with Gasteiger partial charge >= 0.3 is 5.97 Å². The molecule has 3 rings (SSSR count). The van der Waals surface area contributed by atoms with Gasteiger partial charge in [0.15, 0.2) is 0 Å². The molecule has 0 N–H and O–H groups in total. The van der Waals surface area contributed by atoms with Gasteiger partial charge in [-0.25, -0.2) is 12.8 Å². The summed E-state index contributed by atoms with van der Waals surface area (Å²) in [4.78, 5) is 27.5. The second-order valence-electron chi connectivity index (χ2n) is 7.57. The molecule has 33 heavy (non-hydrogen) atoms. The zero-order valence-corrected chi connectivity index (χ0v) is 20.2. The Morgan fingerprint density at radius 3 is 2.39 bits per heavy atom. The minimum atomic E-state index is -4.13. The molecule has 0 bridgehead atoms. The van der Waals surface area contributed by atoms with Crippen LogP contribution in [0.4, 0.5) is 10.1 Å². The van der Waals surface area contributed by atoms with Crippen LogP contribution in [0.1, 0.15) is 19.8 Å². The topological polar surface area (TPSA) is 84.0 Å². The second-order valence-corrected chi connectivity index (χ2v) is 10.3. The van der Waals surface area contributed by atoms with E-state index >= 15 is 0 Å². The molecule has 0 unspecified atom stereocenters. The maximum atomic E-state index is 13.9. The quantitative estimate of drug-likeness (QED) is 0.412. The van der Waals surface area contributed by atoms with Gasteiger partial charge in [-0.2, -0.15) is 0 Å². The van der Waals surface area contributed by atoms with Crippen LogP contribution >= 0.6 is 11.8 Å². The maximum absolute atomic E-state index is 13.9. The zero-order valence-electron chi connectivity index (χ0n) is 18.6. The van der Waals surface area contributed by atoms with E-state index in [-0.39, 0.29) is 22.5 Å². The lowest BCUT2D eigenvalue weighted by molar-refractivity contribution is -0.151. The first-order valence-corrected chi connectivity index (χ1v) is 13.3. The van der Waals surface area contributed by atoms with Gasteiger partial charge in [0.2, 0.25) is 5.91 Å². The standard InChI is InChI=1S/C23H27FN2O5S2/c1-3-31-23(28)17-11-13-25(14-12-17)22(27)16-26(19-6-4-5-18(24)15-19)33(29,30)21-9-7-20(32-2)8-10-21/h4-10,15,17H,3,11-14,16H2,1-2H3. The number of hydrogen-bond donors (Lipinski definition) is 0. The van der Waals surface area contributed by atoms with Crippen LogP contribution in [0.25, 0.3) is 0 Å². The highest BCUT2D eigenvalue weighted by molar-refractivity contribution is 7.98. The molecule has 0 saturated carbocycles. The van der Waals surface area contributed by atoms with E-state index in [1.807, 2.05) is 6.26 Å². The predicted molar refractivity (Wildman–Crippen MR) is 125 cm³/mol. The summed E-state index contributed by atoms with van der Waals surface area (Å²) in [5.41, 5.74) is 0.0682. The number of benzene rings is 2. The largest absolute Gasteiger partial charge is 0.466 e. The SMILES string of the molecule is CCOC(=O)C1CCN(C(=O)CN(c2cccc(F)c2)S(=O)(=O)c2ccc(SC)cc2)CC1. The number of nitrogens with zero attached hydrogens (tertiary/aromatic N) is 2. The first-order valence-electron chi connectivity index (χ1n) is 10.6. The summed E-state index contributed by atoms with van der Waals surface area (Å²) < 4.78 is 46.8. The number of likely N-dealkylation sites (tertiary alicyclic amines) is 1. The van der Waals surface area contributed by atoms with Gasteiger partial charge in [0.25, 0.3) is 10.0 Å². The Balaban J connectivity index is 1.82. The Morgan fingerprint density at radius 1 is 1.15 bits per heavy atom. The Labute approximate surface area is 198 Å². The number of amides is 1. The van der Waals surface area contributed by atoms with Crippen LogP contribution in [-0.2, 0) is 24.3 Å². The molecule has 0 radical (unpaired) electrons. The van der Waals surface area contributed by atoms with Crippen molar-refractivity contribution in [3.8, 4) is 0 Å². The number of carbonyl (C=O) groups excluding carboxylic acids is 2. The van der Waals surface area contributed by atoms with Gasteiger partial charge in [-0.1, -0.05) is 6.07 Å². The van der Waals surface area contributed by atoms with E-state index in [1.54, 1.807) is 19.1 Å². The highest BCUT2D eigenvalue weighted by Crippen LogP contribution is 2.27. The zero-order chi connectivity index (χ0) is 24.0. The molecular weight excluding hydrogens is 467 g/mol. The monoisotopic (exact) mass is 494 g/mol. The second kappa shape index (κ2) is 11.0. The van der Waals surface area contributed by atoms with Crippen molar-refractivity contribution in [2.45, 2.75) is 29.6 Å². The third-order valence-electron chi connectivity index (χ3n) is 5.49. The van der Waals surface area contributed by atoms with Crippen molar-refractivity contribution < 1.29 is 27.1 Å². The first-order chi connectivity index (χ1) is 15.8. The van der Waals surface area contributed by atoms with Crippen molar-refractivity contribution in [1.29, 1.82) is 0 Å². The fourth-order valence-electron chi connectivity index (χ4n) is 3.67. The normalized spacial score (nSPS) is 14.7. The van der Waals surface area contributed by atoms with Gasteiger partial charge < -0.3 is 9.64 Å². The van der Waals surface area contributed by atoms with Crippen LogP contribution in [0.2, 0.25) is 0 Å². The van der Waals surface area contributed by atoms with Gasteiger partial charge in [0.05, 0.1) is 23.1 Å². The summed E-state index contributed by atoms with van der Waals surface area (Å²) in [6.45, 7) is 2.21. The predicted octanol–water partition coefficient (Wildman–Crippen LogP) is 3.54. The molecule has 0 atom stereocenters. The molecule has 10 heteroatoms. The van der Waals surface area contributed by atoms with Crippen LogP contribution < -0.4 is 4.31 Å². The lowest BCUT2D eigenvalue weighted by Gasteiger charge is -2.33. The minimum absolute atomic E-state index is 0.0124. The fraction of sp³-hybridized carbons (Fsp3) is 0.391. The van der Waals surface area contributed by atoms with Crippen LogP contribution in [0.3, 0.4) is 0 Å². The number of hydrogen-bond acceptors (Lipinski definition) is 6. The van der Waals surface area contributed by atoms with Crippen molar-refractivity contribution in [3.63, 3.8) is 0 Å². The maximum Gasteiger partial charge on any atom is 0.309 e. The lowest BCUT2D eigenvalue weighted by atomic mass is 9.97.